The molecule has 0 heterocycles. The van der Waals surface area contributed by atoms with E-state index in [4.69, 9.17) is 0 Å². The van der Waals surface area contributed by atoms with Crippen LogP contribution < -0.4 is 5.11 Å². The molecule has 0 aliphatic heterocycles. The molecule has 0 unspecified atom stereocenters. The molecule has 0 radical (unpaired) electrons. The number of fused-ring (bicyclic) bond motifs is 5. The molecule has 0 spiro atoms. The number of carbonyl (C=O) groups excluding carboxylic acids is 1. The van der Waals surface area contributed by atoms with Gasteiger partial charge < -0.3 is 15.0 Å². The molecule has 4 aliphatic carbocycles. The lowest BCUT2D eigenvalue weighted by atomic mass is 9.44. The van der Waals surface area contributed by atoms with Crippen LogP contribution in [0.2, 0.25) is 0 Å². The van der Waals surface area contributed by atoms with Crippen molar-refractivity contribution in [2.45, 2.75) is 118 Å². The third kappa shape index (κ3) is 5.97. The van der Waals surface area contributed by atoms with Crippen molar-refractivity contribution in [2.75, 3.05) is 0 Å². The summed E-state index contributed by atoms with van der Waals surface area (Å²) in [5.74, 6) is 5.36. The Morgan fingerprint density at radius 3 is 2.24 bits per heavy atom. The van der Waals surface area contributed by atoms with Crippen LogP contribution in [0.4, 0.5) is 0 Å². The number of hydrogen-bond acceptors (Lipinski definition) is 3. The minimum absolute atomic E-state index is 0.00830. The predicted octanol–water partition coefficient (Wildman–Crippen LogP) is 7.52. The normalized spacial score (nSPS) is 39.5. The van der Waals surface area contributed by atoms with E-state index >= 15 is 0 Å². The molecule has 0 aromatic heterocycles. The fraction of sp³-hybridized carbons (Fsp3) is 0.794. The van der Waals surface area contributed by atoms with Gasteiger partial charge in [-0.2, -0.15) is 0 Å². The Balaban J connectivity index is 0.000000301. The average Bonchev–Trinajstić information content (AvgIpc) is 3.22. The van der Waals surface area contributed by atoms with Crippen molar-refractivity contribution < 1.29 is 15.0 Å². The number of carbonyl (C=O) groups is 1. The third-order valence-electron chi connectivity index (χ3n) is 11.8. The van der Waals surface area contributed by atoms with E-state index in [0.717, 1.165) is 54.3 Å². The molecule has 5 rings (SSSR count). The Morgan fingerprint density at radius 1 is 0.919 bits per heavy atom. The maximum Gasteiger partial charge on any atom is 0.0715 e. The molecule has 0 bridgehead atoms. The molecule has 9 atom stereocenters. The Bertz CT molecular complexity index is 880. The first kappa shape index (κ1) is 28.7. The highest BCUT2D eigenvalue weighted by Gasteiger charge is 2.60. The van der Waals surface area contributed by atoms with Crippen LogP contribution >= 0.6 is 0 Å². The van der Waals surface area contributed by atoms with Gasteiger partial charge in [-0.05, 0) is 116 Å². The molecule has 0 amide bonds. The van der Waals surface area contributed by atoms with Gasteiger partial charge in [-0.3, -0.25) is 0 Å². The maximum atomic E-state index is 10.3. The predicted molar refractivity (Wildman–Crippen MR) is 150 cm³/mol. The van der Waals surface area contributed by atoms with Crippen LogP contribution in [0.3, 0.4) is 0 Å². The number of carboxylic acids is 1. The number of hydrogen-bond donors (Lipinski definition) is 1. The molecule has 1 aromatic carbocycles. The second kappa shape index (κ2) is 11.8. The molecule has 37 heavy (non-hydrogen) atoms. The number of aliphatic hydroxyl groups excluding tert-OH is 1. The van der Waals surface area contributed by atoms with E-state index in [1.807, 2.05) is 0 Å². The lowest BCUT2D eigenvalue weighted by molar-refractivity contribution is -0.255. The van der Waals surface area contributed by atoms with E-state index in [2.05, 4.69) is 34.6 Å². The van der Waals surface area contributed by atoms with Crippen molar-refractivity contribution in [2.24, 2.45) is 52.3 Å². The fourth-order valence-electron chi connectivity index (χ4n) is 9.83. The Hall–Kier alpha value is -1.35. The van der Waals surface area contributed by atoms with Crippen LogP contribution in [-0.4, -0.2) is 17.2 Å². The average molecular weight is 510 g/mol. The van der Waals surface area contributed by atoms with Crippen LogP contribution in [0, 0.1) is 52.3 Å². The standard InChI is InChI=1S/C27H48O.C7H6O2/c1-18(2)7-6-8-19(3)23-11-12-24-22-10-9-20-17-21(28)13-15-26(20,4)25(22)14-16-27(23,24)5;8-7(9)6-4-2-1-3-5-6/h18-25,28H,6-17H2,1-5H3;1-5H,(H,8,9)/p-1/t19-,20+,21+,22+,23-,24+,25+,26+,27-;/m1./s1. The number of benzene rings is 1. The Kier molecular flexibility index (Phi) is 9.14. The lowest BCUT2D eigenvalue weighted by Crippen LogP contribution is -2.54. The quantitative estimate of drug-likeness (QED) is 0.431. The van der Waals surface area contributed by atoms with Gasteiger partial charge in [0.25, 0.3) is 0 Å². The largest absolute Gasteiger partial charge is 0.545 e. The second-order valence-corrected chi connectivity index (χ2v) is 14.3. The summed E-state index contributed by atoms with van der Waals surface area (Å²) in [5.41, 5.74) is 1.37. The first-order valence-electron chi connectivity index (χ1n) is 15.5. The van der Waals surface area contributed by atoms with Gasteiger partial charge in [-0.1, -0.05) is 84.2 Å². The molecule has 4 saturated carbocycles. The number of carboxylic acid groups (broad SMARTS) is 1. The van der Waals surface area contributed by atoms with E-state index in [-0.39, 0.29) is 11.7 Å². The first-order chi connectivity index (χ1) is 17.6. The van der Waals surface area contributed by atoms with Gasteiger partial charge in [0.1, 0.15) is 0 Å². The smallest absolute Gasteiger partial charge is 0.0715 e. The molecule has 1 N–H and O–H groups in total. The van der Waals surface area contributed by atoms with E-state index in [1.165, 1.54) is 76.3 Å². The van der Waals surface area contributed by atoms with E-state index < -0.39 is 5.97 Å². The molecule has 4 fully saturated rings. The summed E-state index contributed by atoms with van der Waals surface area (Å²) in [7, 11) is 0. The molecule has 3 nitrogen and oxygen atoms in total. The van der Waals surface area contributed by atoms with Gasteiger partial charge in [0.15, 0.2) is 0 Å². The maximum absolute atomic E-state index is 10.3. The first-order valence-corrected chi connectivity index (χ1v) is 15.5. The number of aliphatic hydroxyl groups is 1. The SMILES string of the molecule is CC(C)CCC[C@@H](C)[C@H]1CC[C@H]2[C@@H]3CC[C@H]4C[C@@H](O)CC[C@]4(C)[C@H]3CC[C@]12C.O=C([O-])c1ccccc1. The minimum Gasteiger partial charge on any atom is -0.545 e. The van der Waals surface area contributed by atoms with Gasteiger partial charge in [0, 0.05) is 0 Å². The van der Waals surface area contributed by atoms with Crippen molar-refractivity contribution >= 4 is 5.97 Å². The van der Waals surface area contributed by atoms with Crippen LogP contribution in [-0.2, 0) is 0 Å². The van der Waals surface area contributed by atoms with Crippen LogP contribution in [0.5, 0.6) is 0 Å². The zero-order valence-corrected chi connectivity index (χ0v) is 24.3. The van der Waals surface area contributed by atoms with Crippen LogP contribution in [0.1, 0.15) is 122 Å². The zero-order chi connectivity index (χ0) is 26.8. The molecule has 4 aliphatic rings. The summed E-state index contributed by atoms with van der Waals surface area (Å²) < 4.78 is 0. The van der Waals surface area contributed by atoms with E-state index in [1.54, 1.807) is 18.2 Å². The Labute approximate surface area is 226 Å². The van der Waals surface area contributed by atoms with Crippen molar-refractivity contribution in [3.8, 4) is 0 Å². The summed E-state index contributed by atoms with van der Waals surface area (Å²) in [6.45, 7) is 12.7. The van der Waals surface area contributed by atoms with Crippen molar-refractivity contribution in [1.82, 2.24) is 0 Å². The number of rotatable bonds is 6. The van der Waals surface area contributed by atoms with Crippen molar-refractivity contribution in [3.63, 3.8) is 0 Å². The highest BCUT2D eigenvalue weighted by molar-refractivity contribution is 5.85. The fourth-order valence-corrected chi connectivity index (χ4v) is 9.83. The summed E-state index contributed by atoms with van der Waals surface area (Å²) in [6, 6.07) is 8.06. The summed E-state index contributed by atoms with van der Waals surface area (Å²) in [4.78, 5) is 10.1. The van der Waals surface area contributed by atoms with Crippen LogP contribution in [0.15, 0.2) is 30.3 Å². The van der Waals surface area contributed by atoms with Crippen molar-refractivity contribution in [1.29, 1.82) is 0 Å². The van der Waals surface area contributed by atoms with E-state index in [0.29, 0.717) is 10.8 Å². The molecule has 3 heteroatoms. The number of aromatic carboxylic acids is 1. The lowest BCUT2D eigenvalue weighted by Gasteiger charge is -2.61. The van der Waals surface area contributed by atoms with Gasteiger partial charge in [-0.15, -0.1) is 0 Å². The zero-order valence-electron chi connectivity index (χ0n) is 24.3. The van der Waals surface area contributed by atoms with Gasteiger partial charge in [-0.25, -0.2) is 0 Å². The minimum atomic E-state index is -1.13. The molecule has 208 valence electrons. The summed E-state index contributed by atoms with van der Waals surface area (Å²) >= 11 is 0. The van der Waals surface area contributed by atoms with Gasteiger partial charge in [0.2, 0.25) is 0 Å². The van der Waals surface area contributed by atoms with Crippen molar-refractivity contribution in [3.05, 3.63) is 35.9 Å². The monoisotopic (exact) mass is 509 g/mol. The highest BCUT2D eigenvalue weighted by Crippen LogP contribution is 2.68. The van der Waals surface area contributed by atoms with Crippen LogP contribution in [0.25, 0.3) is 0 Å². The third-order valence-corrected chi connectivity index (χ3v) is 11.8. The molecular weight excluding hydrogens is 456 g/mol. The van der Waals surface area contributed by atoms with Gasteiger partial charge in [0.05, 0.1) is 12.1 Å². The molecule has 0 saturated heterocycles. The Morgan fingerprint density at radius 2 is 1.59 bits per heavy atom. The van der Waals surface area contributed by atoms with Gasteiger partial charge >= 0.3 is 0 Å². The second-order valence-electron chi connectivity index (χ2n) is 14.3. The molecular formula is C34H53O3-. The molecule has 1 aromatic rings. The van der Waals surface area contributed by atoms with E-state index in [9.17, 15) is 15.0 Å². The highest BCUT2D eigenvalue weighted by atomic mass is 16.4. The summed E-state index contributed by atoms with van der Waals surface area (Å²) in [5, 5.41) is 20.3. The summed E-state index contributed by atoms with van der Waals surface area (Å²) in [6.07, 6.45) is 16.6. The topological polar surface area (TPSA) is 60.4 Å².